The zero-order valence-corrected chi connectivity index (χ0v) is 16.3. The van der Waals surface area contributed by atoms with Crippen LogP contribution in [0, 0.1) is 6.92 Å². The third-order valence-corrected chi connectivity index (χ3v) is 4.34. The van der Waals surface area contributed by atoms with E-state index >= 15 is 0 Å². The summed E-state index contributed by atoms with van der Waals surface area (Å²) in [7, 11) is 0. The molecule has 22 heavy (non-hydrogen) atoms. The van der Waals surface area contributed by atoms with Crippen LogP contribution in [-0.2, 0) is 6.54 Å². The van der Waals surface area contributed by atoms with E-state index in [0.29, 0.717) is 18.4 Å². The molecule has 1 aromatic carbocycles. The van der Waals surface area contributed by atoms with Crippen LogP contribution in [0.2, 0.25) is 0 Å². The van der Waals surface area contributed by atoms with Gasteiger partial charge in [0.25, 0.3) is 0 Å². The molecule has 0 spiro atoms. The number of thiazole rings is 1. The smallest absolute Gasteiger partial charge is 0.193 e. The number of guanidine groups is 1. The molecule has 2 aromatic rings. The maximum atomic E-state index is 5.91. The van der Waals surface area contributed by atoms with Gasteiger partial charge in [0.2, 0.25) is 0 Å². The molecule has 3 N–H and O–H groups in total. The number of anilines is 1. The van der Waals surface area contributed by atoms with Crippen LogP contribution in [-0.4, -0.2) is 10.9 Å². The van der Waals surface area contributed by atoms with Gasteiger partial charge >= 0.3 is 0 Å². The highest BCUT2D eigenvalue weighted by atomic mass is 127. The number of hydrogen-bond donors (Lipinski definition) is 2. The fraction of sp³-hybridized carbons (Fsp3) is 0.375. The molecule has 0 aliphatic heterocycles. The largest absolute Gasteiger partial charge is 0.370 e. The second-order valence-electron chi connectivity index (χ2n) is 5.10. The van der Waals surface area contributed by atoms with Crippen molar-refractivity contribution in [2.75, 3.05) is 5.32 Å². The molecule has 0 bridgehead atoms. The van der Waals surface area contributed by atoms with Crippen LogP contribution in [0.25, 0.3) is 0 Å². The molecule has 0 saturated carbocycles. The lowest BCUT2D eigenvalue weighted by molar-refractivity contribution is 0.734. The molecule has 120 valence electrons. The van der Waals surface area contributed by atoms with Crippen LogP contribution in [0.1, 0.15) is 41.6 Å². The molecule has 0 amide bonds. The summed E-state index contributed by atoms with van der Waals surface area (Å²) >= 11 is 1.64. The van der Waals surface area contributed by atoms with Gasteiger partial charge in [0.1, 0.15) is 0 Å². The Morgan fingerprint density at radius 2 is 2.05 bits per heavy atom. The maximum absolute atomic E-state index is 5.91. The topological polar surface area (TPSA) is 63.3 Å². The number of halogens is 1. The maximum Gasteiger partial charge on any atom is 0.193 e. The number of aryl methyl sites for hydroxylation is 1. The van der Waals surface area contributed by atoms with Crippen LogP contribution in [0.5, 0.6) is 0 Å². The number of benzene rings is 1. The highest BCUT2D eigenvalue weighted by molar-refractivity contribution is 14.0. The van der Waals surface area contributed by atoms with Crippen molar-refractivity contribution in [1.29, 1.82) is 0 Å². The molecule has 0 radical (unpaired) electrons. The number of nitrogens with one attached hydrogen (secondary N) is 1. The first-order chi connectivity index (χ1) is 10.1. The van der Waals surface area contributed by atoms with Gasteiger partial charge in [0.05, 0.1) is 11.6 Å². The van der Waals surface area contributed by atoms with Gasteiger partial charge in [-0.25, -0.2) is 9.98 Å². The summed E-state index contributed by atoms with van der Waals surface area (Å²) in [5.74, 6) is 1.01. The van der Waals surface area contributed by atoms with Crippen molar-refractivity contribution in [1.82, 2.24) is 4.98 Å². The molecule has 0 saturated heterocycles. The SMILES string of the molecule is CCC(C)c1ccc(NC(N)=NCc2cnc(C)s2)cc1.I. The van der Waals surface area contributed by atoms with E-state index in [-0.39, 0.29) is 24.0 Å². The summed E-state index contributed by atoms with van der Waals surface area (Å²) in [5.41, 5.74) is 8.22. The van der Waals surface area contributed by atoms with Gasteiger partial charge in [0.15, 0.2) is 5.96 Å². The summed E-state index contributed by atoms with van der Waals surface area (Å²) in [6, 6.07) is 8.36. The lowest BCUT2D eigenvalue weighted by atomic mass is 9.99. The standard InChI is InChI=1S/C16H22N4S.HI/c1-4-11(2)13-5-7-14(8-6-13)20-16(17)19-10-15-9-18-12(3)21-15;/h5-9,11H,4,10H2,1-3H3,(H3,17,19,20);1H. The molecular formula is C16H23IN4S. The zero-order valence-electron chi connectivity index (χ0n) is 13.2. The Morgan fingerprint density at radius 3 is 2.59 bits per heavy atom. The Kier molecular flexibility index (Phi) is 7.81. The van der Waals surface area contributed by atoms with E-state index in [2.05, 4.69) is 41.3 Å². The van der Waals surface area contributed by atoms with Crippen molar-refractivity contribution < 1.29 is 0 Å². The molecule has 0 aliphatic carbocycles. The van der Waals surface area contributed by atoms with Gasteiger partial charge in [-0.05, 0) is 37.0 Å². The first-order valence-corrected chi connectivity index (χ1v) is 7.98. The molecule has 0 fully saturated rings. The average molecular weight is 430 g/mol. The Hall–Kier alpha value is -1.15. The lowest BCUT2D eigenvalue weighted by Gasteiger charge is -2.10. The Labute approximate surface area is 153 Å². The number of aliphatic imine (C=N–C) groups is 1. The molecule has 4 nitrogen and oxygen atoms in total. The van der Waals surface area contributed by atoms with Crippen LogP contribution in [0.3, 0.4) is 0 Å². The predicted octanol–water partition coefficient (Wildman–Crippen LogP) is 4.51. The summed E-state index contributed by atoms with van der Waals surface area (Å²) < 4.78 is 0. The Morgan fingerprint density at radius 1 is 1.36 bits per heavy atom. The quantitative estimate of drug-likeness (QED) is 0.417. The van der Waals surface area contributed by atoms with Crippen LogP contribution >= 0.6 is 35.3 Å². The van der Waals surface area contributed by atoms with Crippen molar-refractivity contribution in [3.05, 3.63) is 45.9 Å². The van der Waals surface area contributed by atoms with Crippen LogP contribution < -0.4 is 11.1 Å². The molecule has 1 heterocycles. The minimum Gasteiger partial charge on any atom is -0.370 e. The molecule has 2 rings (SSSR count). The summed E-state index contributed by atoms with van der Waals surface area (Å²) in [6.07, 6.45) is 2.99. The van der Waals surface area contributed by atoms with E-state index in [9.17, 15) is 0 Å². The zero-order chi connectivity index (χ0) is 15.2. The third kappa shape index (κ3) is 5.57. The van der Waals surface area contributed by atoms with Crippen LogP contribution in [0.4, 0.5) is 5.69 Å². The van der Waals surface area contributed by atoms with E-state index in [0.717, 1.165) is 22.0 Å². The van der Waals surface area contributed by atoms with Gasteiger partial charge < -0.3 is 11.1 Å². The highest BCUT2D eigenvalue weighted by Crippen LogP contribution is 2.20. The summed E-state index contributed by atoms with van der Waals surface area (Å²) in [5, 5.41) is 4.16. The number of nitrogens with two attached hydrogens (primary N) is 1. The molecule has 0 aliphatic rings. The minimum absolute atomic E-state index is 0. The van der Waals surface area contributed by atoms with E-state index in [4.69, 9.17) is 5.73 Å². The fourth-order valence-corrected chi connectivity index (χ4v) is 2.68. The molecule has 1 atom stereocenters. The van der Waals surface area contributed by atoms with Gasteiger partial charge in [-0.1, -0.05) is 26.0 Å². The van der Waals surface area contributed by atoms with Crippen molar-refractivity contribution >= 4 is 47.0 Å². The molecule has 1 unspecified atom stereocenters. The van der Waals surface area contributed by atoms with Crippen LogP contribution in [0.15, 0.2) is 35.5 Å². The monoisotopic (exact) mass is 430 g/mol. The van der Waals surface area contributed by atoms with E-state index in [1.165, 1.54) is 5.56 Å². The predicted molar refractivity (Wildman–Crippen MR) is 106 cm³/mol. The van der Waals surface area contributed by atoms with Crippen molar-refractivity contribution in [3.63, 3.8) is 0 Å². The molecule has 6 heteroatoms. The summed E-state index contributed by atoms with van der Waals surface area (Å²) in [4.78, 5) is 9.65. The van der Waals surface area contributed by atoms with Crippen molar-refractivity contribution in [2.24, 2.45) is 10.7 Å². The second-order valence-corrected chi connectivity index (χ2v) is 6.42. The van der Waals surface area contributed by atoms with Gasteiger partial charge in [-0.3, -0.25) is 0 Å². The summed E-state index contributed by atoms with van der Waals surface area (Å²) in [6.45, 7) is 6.98. The first kappa shape index (κ1) is 18.9. The molecule has 1 aromatic heterocycles. The van der Waals surface area contributed by atoms with E-state index in [1.807, 2.05) is 25.3 Å². The number of hydrogen-bond acceptors (Lipinski definition) is 3. The number of aromatic nitrogens is 1. The fourth-order valence-electron chi connectivity index (χ4n) is 1.96. The van der Waals surface area contributed by atoms with E-state index < -0.39 is 0 Å². The molecular weight excluding hydrogens is 407 g/mol. The second kappa shape index (κ2) is 9.09. The Bertz CT molecular complexity index is 607. The highest BCUT2D eigenvalue weighted by Gasteiger charge is 2.03. The van der Waals surface area contributed by atoms with Gasteiger partial charge in [0, 0.05) is 16.8 Å². The van der Waals surface area contributed by atoms with Crippen molar-refractivity contribution in [2.45, 2.75) is 39.7 Å². The first-order valence-electron chi connectivity index (χ1n) is 7.16. The number of rotatable bonds is 5. The minimum atomic E-state index is 0. The Balaban J connectivity index is 0.00000242. The number of nitrogens with zero attached hydrogens (tertiary/aromatic N) is 2. The van der Waals surface area contributed by atoms with Crippen molar-refractivity contribution in [3.8, 4) is 0 Å². The lowest BCUT2D eigenvalue weighted by Crippen LogP contribution is -2.22. The normalized spacial score (nSPS) is 12.6. The van der Waals surface area contributed by atoms with Gasteiger partial charge in [-0.15, -0.1) is 35.3 Å². The van der Waals surface area contributed by atoms with E-state index in [1.54, 1.807) is 11.3 Å². The third-order valence-electron chi connectivity index (χ3n) is 3.44. The average Bonchev–Trinajstić information content (AvgIpc) is 2.91. The van der Waals surface area contributed by atoms with Gasteiger partial charge in [-0.2, -0.15) is 0 Å².